The highest BCUT2D eigenvalue weighted by molar-refractivity contribution is 9.11. The molecule has 2 N–H and O–H groups in total. The van der Waals surface area contributed by atoms with Gasteiger partial charge in [0.15, 0.2) is 6.04 Å². The highest BCUT2D eigenvalue weighted by Gasteiger charge is 2.30. The maximum Gasteiger partial charge on any atom is 0.408 e. The van der Waals surface area contributed by atoms with Crippen molar-refractivity contribution in [2.24, 2.45) is 0 Å². The van der Waals surface area contributed by atoms with Crippen LogP contribution in [0.15, 0.2) is 58.4 Å². The summed E-state index contributed by atoms with van der Waals surface area (Å²) < 4.78 is 6.30. The van der Waals surface area contributed by atoms with Crippen molar-refractivity contribution in [2.75, 3.05) is 6.61 Å². The quantitative estimate of drug-likeness (QED) is 0.516. The molecule has 148 valence electrons. The fourth-order valence-electron chi connectivity index (χ4n) is 3.64. The normalized spacial score (nSPS) is 13.4. The second kappa shape index (κ2) is 8.00. The number of halogens is 1. The lowest BCUT2D eigenvalue weighted by Gasteiger charge is -2.17. The molecule has 1 aliphatic carbocycles. The summed E-state index contributed by atoms with van der Waals surface area (Å²) in [6, 6.07) is 16.7. The van der Waals surface area contributed by atoms with Crippen LogP contribution in [0.25, 0.3) is 11.1 Å². The number of carbonyl (C=O) groups excluding carboxylic acids is 1. The molecular formula is C22H18BrNO4S. The van der Waals surface area contributed by atoms with Gasteiger partial charge in [-0.15, -0.1) is 11.3 Å². The second-order valence-electron chi connectivity index (χ2n) is 6.85. The average molecular weight is 472 g/mol. The van der Waals surface area contributed by atoms with Crippen molar-refractivity contribution in [3.8, 4) is 11.1 Å². The van der Waals surface area contributed by atoms with E-state index < -0.39 is 18.1 Å². The summed E-state index contributed by atoms with van der Waals surface area (Å²) in [7, 11) is 0. The number of fused-ring (bicyclic) bond motifs is 3. The molecule has 1 heterocycles. The Balaban J connectivity index is 1.49. The van der Waals surface area contributed by atoms with Crippen LogP contribution in [0.4, 0.5) is 4.79 Å². The van der Waals surface area contributed by atoms with Crippen LogP contribution in [0.1, 0.15) is 33.5 Å². The van der Waals surface area contributed by atoms with Gasteiger partial charge in [0, 0.05) is 10.8 Å². The van der Waals surface area contributed by atoms with Gasteiger partial charge >= 0.3 is 12.1 Å². The van der Waals surface area contributed by atoms with E-state index in [4.69, 9.17) is 4.74 Å². The number of aliphatic carboxylic acids is 1. The van der Waals surface area contributed by atoms with E-state index in [9.17, 15) is 14.7 Å². The maximum atomic E-state index is 12.4. The Bertz CT molecular complexity index is 1030. The molecular weight excluding hydrogens is 454 g/mol. The molecule has 4 rings (SSSR count). The minimum atomic E-state index is -1.15. The topological polar surface area (TPSA) is 75.6 Å². The number of nitrogens with one attached hydrogen (secondary N) is 1. The molecule has 1 aromatic heterocycles. The van der Waals surface area contributed by atoms with E-state index in [1.807, 2.05) is 43.3 Å². The lowest BCUT2D eigenvalue weighted by Crippen LogP contribution is -2.34. The van der Waals surface area contributed by atoms with Gasteiger partial charge < -0.3 is 15.2 Å². The number of carbonyl (C=O) groups is 2. The van der Waals surface area contributed by atoms with Crippen LogP contribution in [0.2, 0.25) is 0 Å². The number of ether oxygens (including phenoxy) is 1. The van der Waals surface area contributed by atoms with Crippen LogP contribution < -0.4 is 5.32 Å². The number of thiophene rings is 1. The van der Waals surface area contributed by atoms with Crippen molar-refractivity contribution in [1.82, 2.24) is 5.32 Å². The van der Waals surface area contributed by atoms with Crippen molar-refractivity contribution in [3.63, 3.8) is 0 Å². The molecule has 2 aromatic carbocycles. The summed E-state index contributed by atoms with van der Waals surface area (Å²) in [5.41, 5.74) is 5.41. The summed E-state index contributed by atoms with van der Waals surface area (Å²) in [5.74, 6) is -1.21. The zero-order valence-electron chi connectivity index (χ0n) is 15.5. The first-order valence-corrected chi connectivity index (χ1v) is 10.7. The highest BCUT2D eigenvalue weighted by Crippen LogP contribution is 2.44. The number of aryl methyl sites for hydroxylation is 1. The van der Waals surface area contributed by atoms with Gasteiger partial charge in [0.1, 0.15) is 6.61 Å². The summed E-state index contributed by atoms with van der Waals surface area (Å²) in [6.07, 6.45) is -0.749. The Morgan fingerprint density at radius 1 is 1.14 bits per heavy atom. The molecule has 0 radical (unpaired) electrons. The molecule has 0 aliphatic heterocycles. The molecule has 7 heteroatoms. The van der Waals surface area contributed by atoms with E-state index in [1.54, 1.807) is 6.07 Å². The molecule has 5 nitrogen and oxygen atoms in total. The van der Waals surface area contributed by atoms with Crippen LogP contribution in [-0.4, -0.2) is 23.8 Å². The van der Waals surface area contributed by atoms with Gasteiger partial charge in [-0.25, -0.2) is 9.59 Å². The van der Waals surface area contributed by atoms with Gasteiger partial charge in [-0.3, -0.25) is 0 Å². The second-order valence-corrected chi connectivity index (χ2v) is 9.25. The minimum absolute atomic E-state index is 0.0745. The van der Waals surface area contributed by atoms with Crippen molar-refractivity contribution >= 4 is 39.3 Å². The third kappa shape index (κ3) is 3.80. The van der Waals surface area contributed by atoms with Gasteiger partial charge in [0.25, 0.3) is 0 Å². The van der Waals surface area contributed by atoms with Crippen LogP contribution in [0.3, 0.4) is 0 Å². The molecule has 1 unspecified atom stereocenters. The van der Waals surface area contributed by atoms with E-state index in [1.165, 1.54) is 11.3 Å². The third-order valence-electron chi connectivity index (χ3n) is 5.01. The number of benzene rings is 2. The minimum Gasteiger partial charge on any atom is -0.479 e. The van der Waals surface area contributed by atoms with Gasteiger partial charge in [0.2, 0.25) is 0 Å². The number of amides is 1. The monoisotopic (exact) mass is 471 g/mol. The molecule has 0 bridgehead atoms. The number of carboxylic acids is 1. The molecule has 0 saturated carbocycles. The Morgan fingerprint density at radius 3 is 2.24 bits per heavy atom. The molecule has 29 heavy (non-hydrogen) atoms. The Hall–Kier alpha value is -2.64. The molecule has 0 spiro atoms. The van der Waals surface area contributed by atoms with E-state index in [0.717, 1.165) is 31.6 Å². The van der Waals surface area contributed by atoms with Crippen LogP contribution in [0.5, 0.6) is 0 Å². The average Bonchev–Trinajstić information content (AvgIpc) is 3.21. The number of carboxylic acid groups (broad SMARTS) is 1. The largest absolute Gasteiger partial charge is 0.479 e. The smallest absolute Gasteiger partial charge is 0.408 e. The summed E-state index contributed by atoms with van der Waals surface area (Å²) >= 11 is 4.67. The van der Waals surface area contributed by atoms with Gasteiger partial charge in [-0.05, 0) is 56.7 Å². The van der Waals surface area contributed by atoms with Crippen LogP contribution >= 0.6 is 27.3 Å². The molecule has 1 aliphatic rings. The zero-order valence-corrected chi connectivity index (χ0v) is 17.9. The highest BCUT2D eigenvalue weighted by atomic mass is 79.9. The first-order chi connectivity index (χ1) is 14.0. The molecule has 1 atom stereocenters. The first kappa shape index (κ1) is 19.7. The molecule has 1 amide bonds. The molecule has 0 fully saturated rings. The van der Waals surface area contributed by atoms with Crippen molar-refractivity contribution in [1.29, 1.82) is 0 Å². The predicted molar refractivity (Wildman–Crippen MR) is 115 cm³/mol. The Kier molecular flexibility index (Phi) is 5.43. The molecule has 0 saturated heterocycles. The van der Waals surface area contributed by atoms with Gasteiger partial charge in [0.05, 0.1) is 3.79 Å². The number of hydrogen-bond acceptors (Lipinski definition) is 4. The standard InChI is InChI=1S/C22H18BrNO4S/c1-12-10-18(29-20(12)23)19(21(25)26)24-22(27)28-11-17-15-8-4-2-6-13(15)14-7-3-5-9-16(14)17/h2-10,17,19H,11H2,1H3,(H,24,27)(H,25,26). The number of alkyl carbamates (subject to hydrolysis) is 1. The molecule has 3 aromatic rings. The number of rotatable bonds is 5. The Morgan fingerprint density at radius 2 is 1.72 bits per heavy atom. The van der Waals surface area contributed by atoms with E-state index in [-0.39, 0.29) is 12.5 Å². The Labute approximate surface area is 180 Å². The van der Waals surface area contributed by atoms with Crippen molar-refractivity contribution < 1.29 is 19.4 Å². The summed E-state index contributed by atoms with van der Waals surface area (Å²) in [5, 5.41) is 12.0. The van der Waals surface area contributed by atoms with E-state index in [0.29, 0.717) is 4.88 Å². The van der Waals surface area contributed by atoms with Gasteiger partial charge in [-0.1, -0.05) is 48.5 Å². The van der Waals surface area contributed by atoms with Gasteiger partial charge in [-0.2, -0.15) is 0 Å². The van der Waals surface area contributed by atoms with Crippen molar-refractivity contribution in [3.05, 3.63) is 80.0 Å². The summed E-state index contributed by atoms with van der Waals surface area (Å²) in [6.45, 7) is 2.01. The van der Waals surface area contributed by atoms with E-state index >= 15 is 0 Å². The lowest BCUT2D eigenvalue weighted by molar-refractivity contribution is -0.139. The number of hydrogen-bond donors (Lipinski definition) is 2. The summed E-state index contributed by atoms with van der Waals surface area (Å²) in [4.78, 5) is 24.6. The van der Waals surface area contributed by atoms with Crippen LogP contribution in [0, 0.1) is 6.92 Å². The van der Waals surface area contributed by atoms with Crippen LogP contribution in [-0.2, 0) is 9.53 Å². The predicted octanol–water partition coefficient (Wildman–Crippen LogP) is 5.48. The first-order valence-electron chi connectivity index (χ1n) is 9.06. The maximum absolute atomic E-state index is 12.4. The fraction of sp³-hybridized carbons (Fsp3) is 0.182. The third-order valence-corrected chi connectivity index (χ3v) is 7.22. The van der Waals surface area contributed by atoms with Crippen molar-refractivity contribution in [2.45, 2.75) is 18.9 Å². The fourth-order valence-corrected chi connectivity index (χ4v) is 5.25. The SMILES string of the molecule is Cc1cc(C(NC(=O)OCC2c3ccccc3-c3ccccc32)C(=O)O)sc1Br. The van der Waals surface area contributed by atoms with E-state index in [2.05, 4.69) is 33.4 Å². The zero-order chi connectivity index (χ0) is 20.5. The lowest BCUT2D eigenvalue weighted by atomic mass is 9.98.